The van der Waals surface area contributed by atoms with Gasteiger partial charge in [0.15, 0.2) is 0 Å². The lowest BCUT2D eigenvalue weighted by Crippen LogP contribution is -2.24. The summed E-state index contributed by atoms with van der Waals surface area (Å²) in [5.41, 5.74) is 3.42. The molecule has 0 aliphatic carbocycles. The topological polar surface area (TPSA) is 34.9 Å². The van der Waals surface area contributed by atoms with Gasteiger partial charge in [0.1, 0.15) is 0 Å². The van der Waals surface area contributed by atoms with E-state index in [1.165, 1.54) is 0 Å². The minimum atomic E-state index is -0.216. The molecule has 82 valence electrons. The molecule has 0 bridgehead atoms. The molecule has 1 heterocycles. The van der Waals surface area contributed by atoms with Crippen molar-refractivity contribution < 1.29 is 0 Å². The molecule has 0 aliphatic heterocycles. The minimum absolute atomic E-state index is 0.216. The van der Waals surface area contributed by atoms with Crippen LogP contribution < -0.4 is 5.69 Å². The second-order valence-electron chi connectivity index (χ2n) is 3.94. The van der Waals surface area contributed by atoms with Crippen molar-refractivity contribution in [3.63, 3.8) is 0 Å². The molecule has 0 N–H and O–H groups in total. The van der Waals surface area contributed by atoms with Crippen LogP contribution in [-0.2, 0) is 0 Å². The zero-order valence-electron chi connectivity index (χ0n) is 9.69. The third-order valence-corrected chi connectivity index (χ3v) is 2.59. The zero-order valence-corrected chi connectivity index (χ0v) is 9.69. The Hall–Kier alpha value is -1.90. The van der Waals surface area contributed by atoms with Crippen molar-refractivity contribution in [2.45, 2.75) is 20.8 Å². The molecule has 16 heavy (non-hydrogen) atoms. The first-order valence-corrected chi connectivity index (χ1v) is 5.23. The summed E-state index contributed by atoms with van der Waals surface area (Å²) in [6, 6.07) is 9.71. The van der Waals surface area contributed by atoms with E-state index in [1.54, 1.807) is 4.57 Å². The van der Waals surface area contributed by atoms with Gasteiger partial charge in [-0.2, -0.15) is 4.98 Å². The summed E-state index contributed by atoms with van der Waals surface area (Å²) in [4.78, 5) is 15.8. The Balaban J connectivity index is 2.75. The van der Waals surface area contributed by atoms with E-state index in [0.29, 0.717) is 0 Å². The van der Waals surface area contributed by atoms with E-state index < -0.39 is 0 Å². The molecule has 0 saturated heterocycles. The Bertz CT molecular complexity index is 585. The minimum Gasteiger partial charge on any atom is -0.265 e. The van der Waals surface area contributed by atoms with Crippen molar-refractivity contribution in [3.05, 3.63) is 57.8 Å². The normalized spacial score (nSPS) is 10.4. The quantitative estimate of drug-likeness (QED) is 0.729. The highest BCUT2D eigenvalue weighted by atomic mass is 16.1. The van der Waals surface area contributed by atoms with Crippen LogP contribution in [0.1, 0.15) is 17.0 Å². The molecule has 1 aromatic heterocycles. The summed E-state index contributed by atoms with van der Waals surface area (Å²) in [6.45, 7) is 5.74. The van der Waals surface area contributed by atoms with Crippen LogP contribution in [0.5, 0.6) is 0 Å². The maximum Gasteiger partial charge on any atom is 0.352 e. The van der Waals surface area contributed by atoms with E-state index in [0.717, 1.165) is 22.6 Å². The predicted molar refractivity (Wildman–Crippen MR) is 64.0 cm³/mol. The summed E-state index contributed by atoms with van der Waals surface area (Å²) >= 11 is 0. The maximum atomic E-state index is 11.9. The van der Waals surface area contributed by atoms with Gasteiger partial charge in [0.25, 0.3) is 0 Å². The highest BCUT2D eigenvalue weighted by molar-refractivity contribution is 5.41. The number of benzene rings is 1. The second-order valence-corrected chi connectivity index (χ2v) is 3.94. The lowest BCUT2D eigenvalue weighted by atomic mass is 10.2. The van der Waals surface area contributed by atoms with Crippen LogP contribution in [0.15, 0.2) is 35.1 Å². The third-order valence-electron chi connectivity index (χ3n) is 2.59. The Morgan fingerprint density at radius 2 is 1.81 bits per heavy atom. The molecule has 0 fully saturated rings. The van der Waals surface area contributed by atoms with Crippen LogP contribution in [0, 0.1) is 20.8 Å². The fraction of sp³-hybridized carbons (Fsp3) is 0.231. The van der Waals surface area contributed by atoms with Crippen molar-refractivity contribution in [1.82, 2.24) is 9.55 Å². The number of nitrogens with zero attached hydrogens (tertiary/aromatic N) is 2. The maximum absolute atomic E-state index is 11.9. The van der Waals surface area contributed by atoms with E-state index in [4.69, 9.17) is 0 Å². The first kappa shape index (κ1) is 10.6. The van der Waals surface area contributed by atoms with Gasteiger partial charge in [0, 0.05) is 11.4 Å². The molecule has 0 radical (unpaired) electrons. The van der Waals surface area contributed by atoms with Crippen molar-refractivity contribution >= 4 is 0 Å². The fourth-order valence-electron chi connectivity index (χ4n) is 1.86. The van der Waals surface area contributed by atoms with Crippen LogP contribution in [0.3, 0.4) is 0 Å². The van der Waals surface area contributed by atoms with Crippen LogP contribution in [0.2, 0.25) is 0 Å². The second kappa shape index (κ2) is 3.93. The highest BCUT2D eigenvalue weighted by Gasteiger charge is 2.06. The van der Waals surface area contributed by atoms with Gasteiger partial charge in [-0.25, -0.2) is 4.79 Å². The average Bonchev–Trinajstić information content (AvgIpc) is 2.19. The summed E-state index contributed by atoms with van der Waals surface area (Å²) in [6.07, 6.45) is 0. The first-order chi connectivity index (χ1) is 7.59. The molecule has 0 aliphatic rings. The molecule has 2 aromatic rings. The standard InChI is InChI=1S/C13H14N2O/c1-9-6-4-5-7-12(9)15-11(3)8-10(2)14-13(15)16/h4-8H,1-3H3. The van der Waals surface area contributed by atoms with Gasteiger partial charge in [-0.15, -0.1) is 0 Å². The molecule has 1 aromatic carbocycles. The number of rotatable bonds is 1. The van der Waals surface area contributed by atoms with Gasteiger partial charge >= 0.3 is 5.69 Å². The molecular formula is C13H14N2O. The van der Waals surface area contributed by atoms with E-state index in [-0.39, 0.29) is 5.69 Å². The van der Waals surface area contributed by atoms with Gasteiger partial charge in [-0.3, -0.25) is 4.57 Å². The van der Waals surface area contributed by atoms with Gasteiger partial charge < -0.3 is 0 Å². The van der Waals surface area contributed by atoms with E-state index in [1.807, 2.05) is 51.1 Å². The van der Waals surface area contributed by atoms with E-state index in [2.05, 4.69) is 4.98 Å². The van der Waals surface area contributed by atoms with Gasteiger partial charge in [0.2, 0.25) is 0 Å². The summed E-state index contributed by atoms with van der Waals surface area (Å²) < 4.78 is 1.64. The van der Waals surface area contributed by atoms with Gasteiger partial charge in [0.05, 0.1) is 5.69 Å². The number of aryl methyl sites for hydroxylation is 3. The third kappa shape index (κ3) is 1.76. The lowest BCUT2D eigenvalue weighted by molar-refractivity contribution is 0.850. The summed E-state index contributed by atoms with van der Waals surface area (Å²) in [5, 5.41) is 0. The Morgan fingerprint density at radius 1 is 1.12 bits per heavy atom. The van der Waals surface area contributed by atoms with Crippen LogP contribution in [0.4, 0.5) is 0 Å². The van der Waals surface area contributed by atoms with Crippen molar-refractivity contribution in [3.8, 4) is 5.69 Å². The number of para-hydroxylation sites is 1. The van der Waals surface area contributed by atoms with Gasteiger partial charge in [-0.05, 0) is 38.5 Å². The highest BCUT2D eigenvalue weighted by Crippen LogP contribution is 2.13. The van der Waals surface area contributed by atoms with E-state index >= 15 is 0 Å². The Kier molecular flexibility index (Phi) is 2.60. The molecular weight excluding hydrogens is 200 g/mol. The van der Waals surface area contributed by atoms with Crippen molar-refractivity contribution in [2.24, 2.45) is 0 Å². The monoisotopic (exact) mass is 214 g/mol. The first-order valence-electron chi connectivity index (χ1n) is 5.23. The zero-order chi connectivity index (χ0) is 11.7. The smallest absolute Gasteiger partial charge is 0.265 e. The lowest BCUT2D eigenvalue weighted by Gasteiger charge is -2.11. The van der Waals surface area contributed by atoms with Crippen LogP contribution in [0.25, 0.3) is 5.69 Å². The molecule has 2 rings (SSSR count). The SMILES string of the molecule is Cc1cc(C)n(-c2ccccc2C)c(=O)n1. The fourth-order valence-corrected chi connectivity index (χ4v) is 1.86. The summed E-state index contributed by atoms with van der Waals surface area (Å²) in [7, 11) is 0. The molecule has 3 heteroatoms. The van der Waals surface area contributed by atoms with Crippen molar-refractivity contribution in [1.29, 1.82) is 0 Å². The molecule has 0 unspecified atom stereocenters. The molecule has 0 spiro atoms. The molecule has 3 nitrogen and oxygen atoms in total. The summed E-state index contributed by atoms with van der Waals surface area (Å²) in [5.74, 6) is 0. The van der Waals surface area contributed by atoms with Crippen LogP contribution in [-0.4, -0.2) is 9.55 Å². The van der Waals surface area contributed by atoms with E-state index in [9.17, 15) is 4.79 Å². The average molecular weight is 214 g/mol. The molecule has 0 amide bonds. The molecule has 0 atom stereocenters. The Morgan fingerprint density at radius 3 is 2.44 bits per heavy atom. The Labute approximate surface area is 94.4 Å². The van der Waals surface area contributed by atoms with Gasteiger partial charge in [-0.1, -0.05) is 18.2 Å². The molecule has 0 saturated carbocycles. The number of aromatic nitrogens is 2. The van der Waals surface area contributed by atoms with Crippen molar-refractivity contribution in [2.75, 3.05) is 0 Å². The predicted octanol–water partition coefficient (Wildman–Crippen LogP) is 2.16. The van der Waals surface area contributed by atoms with Crippen LogP contribution >= 0.6 is 0 Å². The largest absolute Gasteiger partial charge is 0.352 e. The number of hydrogen-bond donors (Lipinski definition) is 0. The number of hydrogen-bond acceptors (Lipinski definition) is 2.